The van der Waals surface area contributed by atoms with Crippen LogP contribution in [-0.4, -0.2) is 21.8 Å². The minimum atomic E-state index is -0.851. The molecule has 19 heavy (non-hydrogen) atoms. The van der Waals surface area contributed by atoms with Gasteiger partial charge < -0.3 is 10.5 Å². The van der Waals surface area contributed by atoms with Gasteiger partial charge in [0.2, 0.25) is 0 Å². The largest absolute Gasteiger partial charge is 0.491 e. The van der Waals surface area contributed by atoms with E-state index < -0.39 is 10.8 Å². The van der Waals surface area contributed by atoms with E-state index in [9.17, 15) is 4.21 Å². The van der Waals surface area contributed by atoms with Crippen LogP contribution in [0.15, 0.2) is 24.3 Å². The third-order valence-corrected chi connectivity index (χ3v) is 4.33. The number of hydrogen-bond donors (Lipinski definition) is 1. The molecule has 4 heteroatoms. The first-order valence-electron chi connectivity index (χ1n) is 6.75. The average Bonchev–Trinajstić information content (AvgIpc) is 2.27. The Morgan fingerprint density at radius 1 is 1.11 bits per heavy atom. The second kappa shape index (κ2) is 7.65. The zero-order valence-corrected chi connectivity index (χ0v) is 13.1. The van der Waals surface area contributed by atoms with Gasteiger partial charge in [-0.1, -0.05) is 26.0 Å². The van der Waals surface area contributed by atoms with Gasteiger partial charge in [-0.2, -0.15) is 0 Å². The molecule has 0 fully saturated rings. The minimum Gasteiger partial charge on any atom is -0.491 e. The molecule has 0 bridgehead atoms. The molecule has 2 unspecified atom stereocenters. The highest BCUT2D eigenvalue weighted by molar-refractivity contribution is 7.85. The molecule has 1 aromatic rings. The monoisotopic (exact) mass is 283 g/mol. The first kappa shape index (κ1) is 16.2. The van der Waals surface area contributed by atoms with Gasteiger partial charge in [-0.15, -0.1) is 0 Å². The quantitative estimate of drug-likeness (QED) is 0.837. The van der Waals surface area contributed by atoms with Crippen molar-refractivity contribution in [2.75, 3.05) is 11.5 Å². The maximum Gasteiger partial charge on any atom is 0.119 e. The molecule has 0 aliphatic rings. The summed E-state index contributed by atoms with van der Waals surface area (Å²) < 4.78 is 17.4. The Hall–Kier alpha value is -0.870. The number of benzene rings is 1. The van der Waals surface area contributed by atoms with Gasteiger partial charge in [0, 0.05) is 28.3 Å². The predicted molar refractivity (Wildman–Crippen MR) is 81.8 cm³/mol. The van der Waals surface area contributed by atoms with Crippen molar-refractivity contribution in [2.24, 2.45) is 11.7 Å². The Kier molecular flexibility index (Phi) is 6.52. The molecule has 1 rings (SSSR count). The van der Waals surface area contributed by atoms with E-state index in [0.717, 1.165) is 11.3 Å². The molecule has 0 radical (unpaired) electrons. The second-order valence-corrected chi connectivity index (χ2v) is 7.06. The van der Waals surface area contributed by atoms with Crippen LogP contribution in [0, 0.1) is 5.92 Å². The third kappa shape index (κ3) is 6.21. The summed E-state index contributed by atoms with van der Waals surface area (Å²) in [5.41, 5.74) is 7.10. The summed E-state index contributed by atoms with van der Waals surface area (Å²) in [7, 11) is -0.851. The lowest BCUT2D eigenvalue weighted by Gasteiger charge is -2.14. The van der Waals surface area contributed by atoms with E-state index >= 15 is 0 Å². The number of ether oxygens (including phenoxy) is 1. The van der Waals surface area contributed by atoms with Crippen molar-refractivity contribution in [2.45, 2.75) is 39.8 Å². The zero-order valence-electron chi connectivity index (χ0n) is 12.3. The highest BCUT2D eigenvalue weighted by atomic mass is 32.2. The van der Waals surface area contributed by atoms with Crippen molar-refractivity contribution in [1.29, 1.82) is 0 Å². The first-order valence-corrected chi connectivity index (χ1v) is 8.24. The lowest BCUT2D eigenvalue weighted by atomic mass is 10.1. The lowest BCUT2D eigenvalue weighted by Crippen LogP contribution is -2.21. The molecular weight excluding hydrogens is 258 g/mol. The molecule has 0 amide bonds. The normalized spacial score (nSPS) is 14.7. The Labute approximate surface area is 119 Å². The highest BCUT2D eigenvalue weighted by Crippen LogP contribution is 2.18. The molecule has 108 valence electrons. The molecule has 0 aromatic heterocycles. The van der Waals surface area contributed by atoms with E-state index in [2.05, 4.69) is 13.8 Å². The van der Waals surface area contributed by atoms with Crippen LogP contribution in [0.4, 0.5) is 0 Å². The maximum atomic E-state index is 11.9. The molecule has 0 saturated heterocycles. The van der Waals surface area contributed by atoms with Gasteiger partial charge in [-0.3, -0.25) is 4.21 Å². The molecule has 1 aromatic carbocycles. The molecule has 0 spiro atoms. The summed E-state index contributed by atoms with van der Waals surface area (Å²) in [5, 5.41) is 0. The van der Waals surface area contributed by atoms with E-state index in [-0.39, 0.29) is 12.1 Å². The van der Waals surface area contributed by atoms with Crippen LogP contribution in [0.1, 0.15) is 39.3 Å². The number of hydrogen-bond acceptors (Lipinski definition) is 3. The fourth-order valence-electron chi connectivity index (χ4n) is 1.80. The van der Waals surface area contributed by atoms with Crippen molar-refractivity contribution in [1.82, 2.24) is 0 Å². The topological polar surface area (TPSA) is 52.3 Å². The van der Waals surface area contributed by atoms with Crippen LogP contribution >= 0.6 is 0 Å². The van der Waals surface area contributed by atoms with Crippen molar-refractivity contribution in [3.63, 3.8) is 0 Å². The average molecular weight is 283 g/mol. The van der Waals surface area contributed by atoms with Crippen molar-refractivity contribution < 1.29 is 8.95 Å². The Morgan fingerprint density at radius 3 is 2.16 bits per heavy atom. The van der Waals surface area contributed by atoms with E-state index in [1.807, 2.05) is 38.1 Å². The van der Waals surface area contributed by atoms with E-state index in [0.29, 0.717) is 17.4 Å². The van der Waals surface area contributed by atoms with Crippen LogP contribution in [0.5, 0.6) is 5.75 Å². The summed E-state index contributed by atoms with van der Waals surface area (Å²) >= 11 is 0. The molecule has 0 saturated carbocycles. The Balaban J connectivity index is 2.57. The highest BCUT2D eigenvalue weighted by Gasteiger charge is 2.12. The lowest BCUT2D eigenvalue weighted by molar-refractivity contribution is 0.242. The number of nitrogens with two attached hydrogens (primary N) is 1. The molecule has 2 N–H and O–H groups in total. The van der Waals surface area contributed by atoms with Crippen LogP contribution < -0.4 is 10.5 Å². The minimum absolute atomic E-state index is 0.165. The first-order chi connectivity index (χ1) is 8.88. The summed E-state index contributed by atoms with van der Waals surface area (Å²) in [6.45, 7) is 8.13. The molecule has 0 aliphatic carbocycles. The molecule has 3 nitrogen and oxygen atoms in total. The van der Waals surface area contributed by atoms with Gasteiger partial charge in [0.05, 0.1) is 6.10 Å². The van der Waals surface area contributed by atoms with Gasteiger partial charge in [0.25, 0.3) is 0 Å². The van der Waals surface area contributed by atoms with Crippen molar-refractivity contribution in [3.05, 3.63) is 29.8 Å². The molecule has 2 atom stereocenters. The van der Waals surface area contributed by atoms with Gasteiger partial charge in [0.15, 0.2) is 0 Å². The summed E-state index contributed by atoms with van der Waals surface area (Å²) in [6.07, 6.45) is 0.165. The molecule has 0 aliphatic heterocycles. The van der Waals surface area contributed by atoms with Crippen molar-refractivity contribution in [3.8, 4) is 5.75 Å². The van der Waals surface area contributed by atoms with Crippen LogP contribution in [0.25, 0.3) is 0 Å². The summed E-state index contributed by atoms with van der Waals surface area (Å²) in [4.78, 5) is 0. The Morgan fingerprint density at radius 2 is 1.68 bits per heavy atom. The van der Waals surface area contributed by atoms with Gasteiger partial charge in [0.1, 0.15) is 5.75 Å². The van der Waals surface area contributed by atoms with E-state index in [1.54, 1.807) is 0 Å². The summed E-state index contributed by atoms with van der Waals surface area (Å²) in [6, 6.07) is 7.57. The zero-order chi connectivity index (χ0) is 14.4. The van der Waals surface area contributed by atoms with Crippen molar-refractivity contribution >= 4 is 10.8 Å². The number of rotatable bonds is 7. The fourth-order valence-corrected chi connectivity index (χ4v) is 3.27. The third-order valence-electron chi connectivity index (χ3n) is 2.56. The fraction of sp³-hybridized carbons (Fsp3) is 0.600. The maximum absolute atomic E-state index is 11.9. The van der Waals surface area contributed by atoms with Gasteiger partial charge >= 0.3 is 0 Å². The predicted octanol–water partition coefficient (Wildman–Crippen LogP) is 2.88. The SMILES string of the molecule is CC(C)CS(=O)CC(N)c1ccc(OC(C)C)cc1. The van der Waals surface area contributed by atoms with Crippen LogP contribution in [-0.2, 0) is 10.8 Å². The van der Waals surface area contributed by atoms with Gasteiger partial charge in [-0.05, 0) is 37.5 Å². The van der Waals surface area contributed by atoms with Crippen LogP contribution in [0.2, 0.25) is 0 Å². The second-order valence-electron chi connectivity index (χ2n) is 5.51. The smallest absolute Gasteiger partial charge is 0.119 e. The Bertz CT molecular complexity index is 401. The standard InChI is InChI=1S/C15H25NO2S/c1-11(2)9-19(17)10-15(16)13-5-7-14(8-6-13)18-12(3)4/h5-8,11-12,15H,9-10,16H2,1-4H3. The molecular formula is C15H25NO2S. The summed E-state index contributed by atoms with van der Waals surface area (Å²) in [5.74, 6) is 2.51. The van der Waals surface area contributed by atoms with Gasteiger partial charge in [-0.25, -0.2) is 0 Å². The molecule has 0 heterocycles. The van der Waals surface area contributed by atoms with Crippen LogP contribution in [0.3, 0.4) is 0 Å². The van der Waals surface area contributed by atoms with E-state index in [1.165, 1.54) is 0 Å². The van der Waals surface area contributed by atoms with E-state index in [4.69, 9.17) is 10.5 Å².